The Kier molecular flexibility index (Phi) is 9.07. The number of rotatable bonds is 6. The predicted molar refractivity (Wildman–Crippen MR) is 243 cm³/mol. The summed E-state index contributed by atoms with van der Waals surface area (Å²) in [6.07, 6.45) is 21.7. The average molecular weight is 752 g/mol. The molecule has 0 fully saturated rings. The van der Waals surface area contributed by atoms with Gasteiger partial charge in [0, 0.05) is 23.9 Å². The normalized spacial score (nSPS) is 24.6. The highest BCUT2D eigenvalue weighted by Crippen LogP contribution is 2.48. The number of benzene rings is 5. The minimum absolute atomic E-state index is 0.0676. The number of amidine groups is 1. The second-order valence-corrected chi connectivity index (χ2v) is 16.7. The summed E-state index contributed by atoms with van der Waals surface area (Å²) in [7, 11) is 2.19. The molecule has 5 aliphatic rings. The van der Waals surface area contributed by atoms with Crippen molar-refractivity contribution in [3.05, 3.63) is 220 Å². The highest BCUT2D eigenvalue weighted by Gasteiger charge is 2.40. The van der Waals surface area contributed by atoms with Crippen LogP contribution in [0.2, 0.25) is 0 Å². The highest BCUT2D eigenvalue weighted by molar-refractivity contribution is 6.00. The van der Waals surface area contributed by atoms with Crippen LogP contribution in [0.3, 0.4) is 0 Å². The Morgan fingerprint density at radius 3 is 2.16 bits per heavy atom. The van der Waals surface area contributed by atoms with Crippen LogP contribution in [-0.2, 0) is 0 Å². The van der Waals surface area contributed by atoms with Crippen molar-refractivity contribution in [1.82, 2.24) is 10.2 Å². The van der Waals surface area contributed by atoms with Crippen molar-refractivity contribution in [3.8, 4) is 22.3 Å². The first-order valence-electron chi connectivity index (χ1n) is 20.8. The molecular weight excluding hydrogens is 703 g/mol. The maximum Gasteiger partial charge on any atom is 0.134 e. The van der Waals surface area contributed by atoms with Crippen molar-refractivity contribution >= 4 is 22.6 Å². The van der Waals surface area contributed by atoms with E-state index in [9.17, 15) is 0 Å². The molecule has 0 saturated carbocycles. The van der Waals surface area contributed by atoms with Gasteiger partial charge in [0.15, 0.2) is 0 Å². The zero-order chi connectivity index (χ0) is 39.4. The van der Waals surface area contributed by atoms with Gasteiger partial charge >= 0.3 is 0 Å². The second kappa shape index (κ2) is 14.6. The minimum Gasteiger partial charge on any atom is -0.340 e. The lowest BCUT2D eigenvalue weighted by atomic mass is 9.62. The minimum atomic E-state index is -0.181. The van der Waals surface area contributed by atoms with Crippen LogP contribution in [-0.4, -0.2) is 23.9 Å². The molecule has 1 heterocycles. The van der Waals surface area contributed by atoms with Crippen molar-refractivity contribution in [2.24, 2.45) is 22.2 Å². The van der Waals surface area contributed by atoms with E-state index in [0.29, 0.717) is 11.8 Å². The molecule has 5 unspecified atom stereocenters. The smallest absolute Gasteiger partial charge is 0.134 e. The van der Waals surface area contributed by atoms with Gasteiger partial charge in [-0.3, -0.25) is 5.32 Å². The first kappa shape index (κ1) is 36.1. The number of nitrogens with one attached hydrogen (secondary N) is 1. The Morgan fingerprint density at radius 2 is 1.38 bits per heavy atom. The molecule has 3 nitrogen and oxygen atoms in total. The van der Waals surface area contributed by atoms with Crippen LogP contribution < -0.4 is 15.8 Å². The van der Waals surface area contributed by atoms with Gasteiger partial charge < -0.3 is 4.90 Å². The van der Waals surface area contributed by atoms with Gasteiger partial charge in [-0.05, 0) is 91.4 Å². The summed E-state index contributed by atoms with van der Waals surface area (Å²) in [6, 6.07) is 46.5. The van der Waals surface area contributed by atoms with Crippen molar-refractivity contribution in [3.63, 3.8) is 0 Å². The predicted octanol–water partition coefficient (Wildman–Crippen LogP) is 11.0. The van der Waals surface area contributed by atoms with Crippen LogP contribution in [0, 0.1) is 17.3 Å². The monoisotopic (exact) mass is 751 g/mol. The number of hydrogen-bond donors (Lipinski definition) is 1. The molecule has 5 aromatic rings. The number of aliphatic imine (C=N–C) groups is 1. The van der Waals surface area contributed by atoms with Crippen molar-refractivity contribution in [1.29, 1.82) is 0 Å². The van der Waals surface area contributed by atoms with Gasteiger partial charge in [-0.15, -0.1) is 0 Å². The SMILES string of the molecule is CC1=CC2C(=c3ccc(-c4ccccc4-c4ccccc4C4=C(C5NC(c6ccccc6)N=C(c6ccccc6)N5C)CC(C)C=C4)cc3=C3C=CC=CC32C)C=C1. The Balaban J connectivity index is 1.12. The number of likely N-dealkylation sites (N-methyl/N-ethyl adjacent to an activating group) is 1. The molecule has 1 aliphatic heterocycles. The lowest BCUT2D eigenvalue weighted by molar-refractivity contribution is 0.280. The number of allylic oxidation sites excluding steroid dienone is 11. The van der Waals surface area contributed by atoms with Crippen LogP contribution in [0.5, 0.6) is 0 Å². The van der Waals surface area contributed by atoms with Crippen LogP contribution in [0.4, 0.5) is 0 Å². The maximum atomic E-state index is 5.33. The van der Waals surface area contributed by atoms with Gasteiger partial charge in [-0.25, -0.2) is 4.99 Å². The van der Waals surface area contributed by atoms with Gasteiger partial charge in [0.1, 0.15) is 18.2 Å². The standard InChI is InChI=1S/C55H49N3/c1-36-26-29-45(49(33-36)54-57-52(38-17-7-5-8-18-38)56-53(58(54)4)39-19-9-6-10-20-39)44-24-14-13-23-43(44)42-22-12-11-21-41(42)40-28-31-46-47-30-27-37(2)34-51(47)55(3)32-16-15-25-50(55)48(46)35-40/h5-32,34-36,51-52,54,57H,33H2,1-4H3. The van der Waals surface area contributed by atoms with E-state index in [1.54, 1.807) is 0 Å². The van der Waals surface area contributed by atoms with E-state index in [2.05, 4.69) is 220 Å². The molecule has 1 N–H and O–H groups in total. The van der Waals surface area contributed by atoms with Crippen LogP contribution >= 0.6 is 0 Å². The first-order chi connectivity index (χ1) is 28.4. The largest absolute Gasteiger partial charge is 0.340 e. The fraction of sp³-hybridized carbons (Fsp3) is 0.182. The van der Waals surface area contributed by atoms with Gasteiger partial charge in [0.05, 0.1) is 0 Å². The summed E-state index contributed by atoms with van der Waals surface area (Å²) in [5, 5.41) is 6.68. The molecule has 5 aromatic carbocycles. The zero-order valence-corrected chi connectivity index (χ0v) is 33.7. The highest BCUT2D eigenvalue weighted by atomic mass is 15.4. The van der Waals surface area contributed by atoms with Crippen LogP contribution in [0.15, 0.2) is 198 Å². The second-order valence-electron chi connectivity index (χ2n) is 16.7. The topological polar surface area (TPSA) is 27.6 Å². The molecule has 0 aromatic heterocycles. The Labute approximate surface area is 342 Å². The third-order valence-electron chi connectivity index (χ3n) is 12.9. The van der Waals surface area contributed by atoms with E-state index >= 15 is 0 Å². The molecule has 284 valence electrons. The number of fused-ring (bicyclic) bond motifs is 4. The van der Waals surface area contributed by atoms with Gasteiger partial charge in [-0.2, -0.15) is 0 Å². The Bertz CT molecular complexity index is 2790. The summed E-state index contributed by atoms with van der Waals surface area (Å²) in [6.45, 7) is 6.96. The first-order valence-corrected chi connectivity index (χ1v) is 20.8. The third kappa shape index (κ3) is 6.13. The summed E-state index contributed by atoms with van der Waals surface area (Å²) in [5.41, 5.74) is 15.2. The van der Waals surface area contributed by atoms with Gasteiger partial charge in [-0.1, -0.05) is 195 Å². The van der Waals surface area contributed by atoms with Crippen molar-refractivity contribution < 1.29 is 0 Å². The fourth-order valence-corrected chi connectivity index (χ4v) is 9.98. The molecule has 10 rings (SSSR count). The summed E-state index contributed by atoms with van der Waals surface area (Å²) < 4.78 is 0. The molecule has 58 heavy (non-hydrogen) atoms. The molecule has 5 atom stereocenters. The Hall–Kier alpha value is -6.29. The summed E-state index contributed by atoms with van der Waals surface area (Å²) >= 11 is 0. The van der Waals surface area contributed by atoms with Crippen LogP contribution in [0.25, 0.3) is 39.0 Å². The number of nitrogens with zero attached hydrogens (tertiary/aromatic N) is 2. The Morgan fingerprint density at radius 1 is 0.690 bits per heavy atom. The van der Waals surface area contributed by atoms with E-state index in [1.807, 2.05) is 0 Å². The van der Waals surface area contributed by atoms with Gasteiger partial charge in [0.2, 0.25) is 0 Å². The van der Waals surface area contributed by atoms with E-state index in [0.717, 1.165) is 23.4 Å². The maximum absolute atomic E-state index is 5.33. The lowest BCUT2D eigenvalue weighted by Gasteiger charge is -2.42. The van der Waals surface area contributed by atoms with Crippen molar-refractivity contribution in [2.75, 3.05) is 7.05 Å². The van der Waals surface area contributed by atoms with E-state index in [-0.39, 0.29) is 17.7 Å². The lowest BCUT2D eigenvalue weighted by Crippen LogP contribution is -2.53. The fourth-order valence-electron chi connectivity index (χ4n) is 9.98. The molecule has 0 amide bonds. The molecular formula is C55H49N3. The van der Waals surface area contributed by atoms with E-state index in [4.69, 9.17) is 4.99 Å². The van der Waals surface area contributed by atoms with Crippen molar-refractivity contribution in [2.45, 2.75) is 39.5 Å². The zero-order valence-electron chi connectivity index (χ0n) is 33.7. The van der Waals surface area contributed by atoms with Gasteiger partial charge in [0.25, 0.3) is 0 Å². The molecule has 4 aliphatic carbocycles. The molecule has 0 spiro atoms. The third-order valence-corrected chi connectivity index (χ3v) is 12.9. The quantitative estimate of drug-likeness (QED) is 0.187. The molecule has 0 radical (unpaired) electrons. The molecule has 0 saturated heterocycles. The van der Waals surface area contributed by atoms with E-state index in [1.165, 1.54) is 66.1 Å². The molecule has 0 bridgehead atoms. The van der Waals surface area contributed by atoms with E-state index < -0.39 is 0 Å². The number of hydrogen-bond acceptors (Lipinski definition) is 3. The summed E-state index contributed by atoms with van der Waals surface area (Å²) in [4.78, 5) is 7.68. The molecule has 3 heteroatoms. The summed E-state index contributed by atoms with van der Waals surface area (Å²) in [5.74, 6) is 1.71. The van der Waals surface area contributed by atoms with Crippen LogP contribution in [0.1, 0.15) is 50.0 Å². The average Bonchev–Trinajstić information content (AvgIpc) is 3.27.